The van der Waals surface area contributed by atoms with Gasteiger partial charge in [-0.1, -0.05) is 28.8 Å². The third-order valence-electron chi connectivity index (χ3n) is 4.56. The summed E-state index contributed by atoms with van der Waals surface area (Å²) < 4.78 is 10.2. The average molecular weight is 407 g/mol. The van der Waals surface area contributed by atoms with Crippen molar-refractivity contribution in [2.45, 2.75) is 13.8 Å². The average Bonchev–Trinajstić information content (AvgIpc) is 3.28. The van der Waals surface area contributed by atoms with Crippen molar-refractivity contribution in [3.8, 4) is 22.6 Å². The molecule has 0 atom stereocenters. The molecule has 4 rings (SSSR count). The van der Waals surface area contributed by atoms with Gasteiger partial charge in [-0.05, 0) is 60.3 Å². The molecule has 0 bridgehead atoms. The Morgan fingerprint density at radius 1 is 1.10 bits per heavy atom. The SMILES string of the molecule is Cc1nnsc1C(=O)Nc1ccc(-c2cccc(-c3nn(C)c(=O)o3)c2C)cc1. The highest BCUT2D eigenvalue weighted by Gasteiger charge is 2.15. The largest absolute Gasteiger partial charge is 0.437 e. The van der Waals surface area contributed by atoms with Crippen molar-refractivity contribution in [1.82, 2.24) is 19.4 Å². The summed E-state index contributed by atoms with van der Waals surface area (Å²) in [4.78, 5) is 24.4. The van der Waals surface area contributed by atoms with Crippen LogP contribution in [0.3, 0.4) is 0 Å². The first-order valence-electron chi connectivity index (χ1n) is 8.79. The standard InChI is InChI=1S/C20H17N5O3S/c1-11-15(5-4-6-16(11)19-23-25(3)20(27)28-19)13-7-9-14(10-8-13)21-18(26)17-12(2)22-24-29-17/h4-10H,1-3H3,(H,21,26). The molecule has 0 aliphatic rings. The quantitative estimate of drug-likeness (QED) is 0.556. The van der Waals surface area contributed by atoms with Crippen LogP contribution in [0.25, 0.3) is 22.6 Å². The number of aromatic nitrogens is 4. The minimum atomic E-state index is -0.503. The van der Waals surface area contributed by atoms with E-state index in [0.29, 0.717) is 16.3 Å². The highest BCUT2D eigenvalue weighted by atomic mass is 32.1. The molecule has 0 saturated heterocycles. The lowest BCUT2D eigenvalue weighted by molar-refractivity contribution is 0.103. The molecule has 8 nitrogen and oxygen atoms in total. The van der Waals surface area contributed by atoms with Crippen molar-refractivity contribution in [2.24, 2.45) is 7.05 Å². The number of nitrogens with one attached hydrogen (secondary N) is 1. The third-order valence-corrected chi connectivity index (χ3v) is 5.39. The molecule has 2 heterocycles. The van der Waals surface area contributed by atoms with Crippen molar-refractivity contribution in [2.75, 3.05) is 5.32 Å². The van der Waals surface area contributed by atoms with E-state index in [9.17, 15) is 9.59 Å². The summed E-state index contributed by atoms with van der Waals surface area (Å²) in [7, 11) is 1.55. The van der Waals surface area contributed by atoms with Crippen LogP contribution in [0.15, 0.2) is 51.7 Å². The van der Waals surface area contributed by atoms with E-state index in [-0.39, 0.29) is 11.8 Å². The van der Waals surface area contributed by atoms with Crippen LogP contribution in [0.4, 0.5) is 5.69 Å². The zero-order valence-electron chi connectivity index (χ0n) is 16.0. The second-order valence-corrected chi connectivity index (χ2v) is 7.25. The Morgan fingerprint density at radius 3 is 2.45 bits per heavy atom. The molecule has 4 aromatic rings. The zero-order valence-corrected chi connectivity index (χ0v) is 16.8. The topological polar surface area (TPSA) is 103 Å². The number of carbonyl (C=O) groups excluding carboxylic acids is 1. The van der Waals surface area contributed by atoms with Crippen LogP contribution in [-0.4, -0.2) is 25.3 Å². The van der Waals surface area contributed by atoms with E-state index in [1.807, 2.05) is 49.4 Å². The van der Waals surface area contributed by atoms with Crippen LogP contribution in [0, 0.1) is 13.8 Å². The normalized spacial score (nSPS) is 10.9. The van der Waals surface area contributed by atoms with Crippen molar-refractivity contribution >= 4 is 23.1 Å². The molecule has 29 heavy (non-hydrogen) atoms. The Kier molecular flexibility index (Phi) is 4.81. The van der Waals surface area contributed by atoms with Gasteiger partial charge in [-0.25, -0.2) is 4.79 Å². The summed E-state index contributed by atoms with van der Waals surface area (Å²) >= 11 is 1.07. The fourth-order valence-corrected chi connectivity index (χ4v) is 3.55. The lowest BCUT2D eigenvalue weighted by atomic mass is 9.96. The first-order chi connectivity index (χ1) is 13.9. The van der Waals surface area contributed by atoms with Gasteiger partial charge in [0.05, 0.1) is 5.69 Å². The summed E-state index contributed by atoms with van der Waals surface area (Å²) in [6.45, 7) is 3.70. The van der Waals surface area contributed by atoms with E-state index in [1.165, 1.54) is 4.68 Å². The second kappa shape index (κ2) is 7.44. The Hall–Kier alpha value is -3.59. The van der Waals surface area contributed by atoms with E-state index in [1.54, 1.807) is 14.0 Å². The van der Waals surface area contributed by atoms with Crippen LogP contribution in [-0.2, 0) is 7.05 Å². The molecule has 1 N–H and O–H groups in total. The summed E-state index contributed by atoms with van der Waals surface area (Å²) in [5.74, 6) is -0.445. The Morgan fingerprint density at radius 2 is 1.83 bits per heavy atom. The van der Waals surface area contributed by atoms with Gasteiger partial charge < -0.3 is 9.73 Å². The highest BCUT2D eigenvalue weighted by molar-refractivity contribution is 7.08. The van der Waals surface area contributed by atoms with E-state index < -0.39 is 5.76 Å². The minimum absolute atomic E-state index is 0.228. The van der Waals surface area contributed by atoms with Gasteiger partial charge in [-0.3, -0.25) is 4.79 Å². The Bertz CT molecular complexity index is 1250. The van der Waals surface area contributed by atoms with Gasteiger partial charge in [0.2, 0.25) is 5.89 Å². The predicted molar refractivity (Wildman–Crippen MR) is 110 cm³/mol. The molecule has 2 aromatic heterocycles. The predicted octanol–water partition coefficient (Wildman–Crippen LogP) is 3.43. The number of nitrogens with zero attached hydrogens (tertiary/aromatic N) is 4. The summed E-state index contributed by atoms with van der Waals surface area (Å²) in [5, 5.41) is 10.8. The fourth-order valence-electron chi connectivity index (χ4n) is 3.00. The molecule has 0 unspecified atom stereocenters. The maximum Gasteiger partial charge on any atom is 0.437 e. The van der Waals surface area contributed by atoms with Crippen LogP contribution < -0.4 is 11.1 Å². The van der Waals surface area contributed by atoms with Crippen molar-refractivity contribution in [1.29, 1.82) is 0 Å². The summed E-state index contributed by atoms with van der Waals surface area (Å²) in [6.07, 6.45) is 0. The van der Waals surface area contributed by atoms with E-state index in [0.717, 1.165) is 33.8 Å². The number of hydrogen-bond acceptors (Lipinski definition) is 7. The Balaban J connectivity index is 1.61. The number of hydrogen-bond donors (Lipinski definition) is 1. The van der Waals surface area contributed by atoms with Gasteiger partial charge in [-0.15, -0.1) is 10.2 Å². The molecule has 146 valence electrons. The van der Waals surface area contributed by atoms with Gasteiger partial charge in [0.15, 0.2) is 0 Å². The molecule has 2 aromatic carbocycles. The molecule has 0 aliphatic heterocycles. The first kappa shape index (κ1) is 18.8. The lowest BCUT2D eigenvalue weighted by Gasteiger charge is -2.10. The van der Waals surface area contributed by atoms with Gasteiger partial charge in [0, 0.05) is 18.3 Å². The molecule has 0 radical (unpaired) electrons. The Labute approximate surface area is 170 Å². The number of anilines is 1. The van der Waals surface area contributed by atoms with Crippen molar-refractivity contribution in [3.05, 3.63) is 69.1 Å². The maximum absolute atomic E-state index is 12.3. The van der Waals surface area contributed by atoms with Crippen LogP contribution in [0.2, 0.25) is 0 Å². The highest BCUT2D eigenvalue weighted by Crippen LogP contribution is 2.31. The van der Waals surface area contributed by atoms with Crippen molar-refractivity contribution in [3.63, 3.8) is 0 Å². The molecular formula is C20H17N5O3S. The van der Waals surface area contributed by atoms with Crippen molar-refractivity contribution < 1.29 is 9.21 Å². The van der Waals surface area contributed by atoms with Gasteiger partial charge in [0.1, 0.15) is 4.88 Å². The van der Waals surface area contributed by atoms with Crippen LogP contribution >= 0.6 is 11.5 Å². The summed E-state index contributed by atoms with van der Waals surface area (Å²) in [5.41, 5.74) is 4.93. The maximum atomic E-state index is 12.3. The molecule has 1 amide bonds. The molecule has 9 heteroatoms. The van der Waals surface area contributed by atoms with Crippen LogP contribution in [0.5, 0.6) is 0 Å². The molecule has 0 aliphatic carbocycles. The van der Waals surface area contributed by atoms with E-state index >= 15 is 0 Å². The number of rotatable bonds is 4. The molecule has 0 spiro atoms. The molecule has 0 saturated carbocycles. The lowest BCUT2D eigenvalue weighted by Crippen LogP contribution is -2.11. The number of carbonyl (C=O) groups is 1. The smallest absolute Gasteiger partial charge is 0.388 e. The number of benzene rings is 2. The molecule has 0 fully saturated rings. The second-order valence-electron chi connectivity index (χ2n) is 6.49. The monoisotopic (exact) mass is 407 g/mol. The number of aryl methyl sites for hydroxylation is 2. The van der Waals surface area contributed by atoms with Gasteiger partial charge >= 0.3 is 5.76 Å². The fraction of sp³-hybridized carbons (Fsp3) is 0.150. The number of amides is 1. The third kappa shape index (κ3) is 3.59. The minimum Gasteiger partial charge on any atom is -0.388 e. The zero-order chi connectivity index (χ0) is 20.5. The molecular weight excluding hydrogens is 390 g/mol. The van der Waals surface area contributed by atoms with E-state index in [4.69, 9.17) is 4.42 Å². The van der Waals surface area contributed by atoms with Gasteiger partial charge in [-0.2, -0.15) is 4.68 Å². The van der Waals surface area contributed by atoms with Crippen LogP contribution in [0.1, 0.15) is 20.9 Å². The van der Waals surface area contributed by atoms with Gasteiger partial charge in [0.25, 0.3) is 5.91 Å². The van der Waals surface area contributed by atoms with E-state index in [2.05, 4.69) is 20.0 Å². The first-order valence-corrected chi connectivity index (χ1v) is 9.56. The summed E-state index contributed by atoms with van der Waals surface area (Å²) in [6, 6.07) is 13.3.